The van der Waals surface area contributed by atoms with Gasteiger partial charge < -0.3 is 15.4 Å². The molecule has 0 aliphatic carbocycles. The first kappa shape index (κ1) is 21.9. The summed E-state index contributed by atoms with van der Waals surface area (Å²) in [7, 11) is 1.58. The highest BCUT2D eigenvalue weighted by Crippen LogP contribution is 2.13. The largest absolute Gasteiger partial charge is 0.497 e. The van der Waals surface area contributed by atoms with Gasteiger partial charge in [0.05, 0.1) is 25.4 Å². The molecule has 0 saturated heterocycles. The van der Waals surface area contributed by atoms with Crippen LogP contribution in [0.15, 0.2) is 60.9 Å². The minimum absolute atomic E-state index is 0.118. The molecule has 2 aromatic carbocycles. The molecule has 2 amide bonds. The molecule has 0 aliphatic heterocycles. The van der Waals surface area contributed by atoms with E-state index < -0.39 is 13.0 Å². The lowest BCUT2D eigenvalue weighted by Gasteiger charge is -2.08. The van der Waals surface area contributed by atoms with Gasteiger partial charge in [-0.1, -0.05) is 24.3 Å². The first-order valence-electron chi connectivity index (χ1n) is 9.53. The Morgan fingerprint density at radius 3 is 2.39 bits per heavy atom. The molecule has 9 heteroatoms. The zero-order valence-corrected chi connectivity index (χ0v) is 16.8. The number of alkyl halides is 2. The van der Waals surface area contributed by atoms with E-state index in [2.05, 4.69) is 15.7 Å². The number of amides is 2. The monoisotopic (exact) mass is 428 g/mol. The van der Waals surface area contributed by atoms with Crippen LogP contribution in [0, 0.1) is 0 Å². The van der Waals surface area contributed by atoms with Crippen molar-refractivity contribution in [3.63, 3.8) is 0 Å². The van der Waals surface area contributed by atoms with Crippen LogP contribution in [0.25, 0.3) is 0 Å². The Kier molecular flexibility index (Phi) is 7.31. The van der Waals surface area contributed by atoms with Crippen molar-refractivity contribution in [3.05, 3.63) is 77.6 Å². The number of nitrogens with one attached hydrogen (secondary N) is 2. The van der Waals surface area contributed by atoms with Crippen molar-refractivity contribution in [2.24, 2.45) is 0 Å². The van der Waals surface area contributed by atoms with Crippen LogP contribution >= 0.6 is 0 Å². The number of carbonyl (C=O) groups is 2. The summed E-state index contributed by atoms with van der Waals surface area (Å²) >= 11 is 0. The van der Waals surface area contributed by atoms with Gasteiger partial charge in [-0.3, -0.25) is 14.3 Å². The van der Waals surface area contributed by atoms with Gasteiger partial charge in [-0.15, -0.1) is 0 Å². The molecule has 7 nitrogen and oxygen atoms in total. The molecule has 0 saturated carbocycles. The highest BCUT2D eigenvalue weighted by Gasteiger charge is 2.10. The van der Waals surface area contributed by atoms with Gasteiger partial charge in [-0.05, 0) is 35.4 Å². The number of hydrogen-bond donors (Lipinski definition) is 2. The van der Waals surface area contributed by atoms with Gasteiger partial charge in [-0.25, -0.2) is 8.78 Å². The molecule has 0 aliphatic rings. The molecule has 0 atom stereocenters. The predicted octanol–water partition coefficient (Wildman–Crippen LogP) is 3.27. The molecular formula is C22H22F2N4O3. The molecule has 0 bridgehead atoms. The number of anilines is 1. The summed E-state index contributed by atoms with van der Waals surface area (Å²) in [5.41, 5.74) is 2.45. The van der Waals surface area contributed by atoms with Crippen molar-refractivity contribution in [2.75, 3.05) is 12.4 Å². The van der Waals surface area contributed by atoms with E-state index in [1.54, 1.807) is 43.5 Å². The van der Waals surface area contributed by atoms with Crippen molar-refractivity contribution < 1.29 is 23.1 Å². The van der Waals surface area contributed by atoms with E-state index in [0.29, 0.717) is 17.8 Å². The average molecular weight is 428 g/mol. The number of nitrogens with zero attached hydrogens (tertiary/aromatic N) is 2. The topological polar surface area (TPSA) is 85.2 Å². The molecule has 0 radical (unpaired) electrons. The zero-order chi connectivity index (χ0) is 22.2. The summed E-state index contributed by atoms with van der Waals surface area (Å²) < 4.78 is 30.9. The Morgan fingerprint density at radius 1 is 1.06 bits per heavy atom. The van der Waals surface area contributed by atoms with E-state index >= 15 is 0 Å². The number of ether oxygens (including phenoxy) is 1. The molecule has 1 heterocycles. The maximum Gasteiger partial charge on any atom is 0.257 e. The normalized spacial score (nSPS) is 10.7. The van der Waals surface area contributed by atoms with Crippen LogP contribution in [0.3, 0.4) is 0 Å². The van der Waals surface area contributed by atoms with Gasteiger partial charge in [0.15, 0.2) is 0 Å². The van der Waals surface area contributed by atoms with Crippen LogP contribution in [-0.4, -0.2) is 35.1 Å². The minimum atomic E-state index is -2.52. The SMILES string of the molecule is COc1ccc(CC(=O)NCc2ccc(C(=O)Nc3cnn(CC(F)F)c3)cc2)cc1. The van der Waals surface area contributed by atoms with Gasteiger partial charge in [0, 0.05) is 18.3 Å². The summed E-state index contributed by atoms with van der Waals surface area (Å²) in [6.07, 6.45) is 0.390. The van der Waals surface area contributed by atoms with Crippen molar-refractivity contribution in [1.82, 2.24) is 15.1 Å². The average Bonchev–Trinajstić information content (AvgIpc) is 3.19. The highest BCUT2D eigenvalue weighted by atomic mass is 19.3. The maximum absolute atomic E-state index is 12.4. The number of rotatable bonds is 9. The van der Waals surface area contributed by atoms with E-state index in [1.165, 1.54) is 12.4 Å². The molecule has 0 fully saturated rings. The Balaban J connectivity index is 1.48. The Bertz CT molecular complexity index is 1020. The third kappa shape index (κ3) is 6.63. The summed E-state index contributed by atoms with van der Waals surface area (Å²) in [6.45, 7) is -0.202. The third-order valence-electron chi connectivity index (χ3n) is 4.45. The number of aromatic nitrogens is 2. The van der Waals surface area contributed by atoms with Gasteiger partial charge in [0.2, 0.25) is 5.91 Å². The lowest BCUT2D eigenvalue weighted by atomic mass is 10.1. The van der Waals surface area contributed by atoms with E-state index in [0.717, 1.165) is 21.6 Å². The van der Waals surface area contributed by atoms with E-state index in [1.807, 2.05) is 12.1 Å². The predicted molar refractivity (Wildman–Crippen MR) is 111 cm³/mol. The minimum Gasteiger partial charge on any atom is -0.497 e. The number of hydrogen-bond acceptors (Lipinski definition) is 4. The zero-order valence-electron chi connectivity index (χ0n) is 16.8. The Hall–Kier alpha value is -3.75. The van der Waals surface area contributed by atoms with Crippen LogP contribution in [-0.2, 0) is 24.3 Å². The van der Waals surface area contributed by atoms with Crippen LogP contribution in [0.2, 0.25) is 0 Å². The fourth-order valence-electron chi connectivity index (χ4n) is 2.84. The number of methoxy groups -OCH3 is 1. The van der Waals surface area contributed by atoms with Gasteiger partial charge >= 0.3 is 0 Å². The lowest BCUT2D eigenvalue weighted by molar-refractivity contribution is -0.120. The van der Waals surface area contributed by atoms with Crippen LogP contribution in [0.5, 0.6) is 5.75 Å². The molecule has 3 rings (SSSR count). The molecule has 2 N–H and O–H groups in total. The molecular weight excluding hydrogens is 406 g/mol. The van der Waals surface area contributed by atoms with Gasteiger partial charge in [0.1, 0.15) is 12.3 Å². The first-order valence-corrected chi connectivity index (χ1v) is 9.53. The van der Waals surface area contributed by atoms with Crippen LogP contribution in [0.4, 0.5) is 14.5 Å². The quantitative estimate of drug-likeness (QED) is 0.548. The molecule has 162 valence electrons. The van der Waals surface area contributed by atoms with Crippen molar-refractivity contribution in [3.8, 4) is 5.75 Å². The van der Waals surface area contributed by atoms with Crippen LogP contribution in [0.1, 0.15) is 21.5 Å². The second kappa shape index (κ2) is 10.3. The Labute approximate surface area is 178 Å². The standard InChI is InChI=1S/C22H22F2N4O3/c1-31-19-8-4-15(5-9-19)10-21(29)25-11-16-2-6-17(7-3-16)22(30)27-18-12-26-28(13-18)14-20(23)24/h2-9,12-13,20H,10-11,14H2,1H3,(H,25,29)(H,27,30). The summed E-state index contributed by atoms with van der Waals surface area (Å²) in [5.74, 6) is 0.231. The summed E-state index contributed by atoms with van der Waals surface area (Å²) in [4.78, 5) is 24.4. The third-order valence-corrected chi connectivity index (χ3v) is 4.45. The molecule has 3 aromatic rings. The second-order valence-corrected chi connectivity index (χ2v) is 6.79. The maximum atomic E-state index is 12.4. The van der Waals surface area contributed by atoms with Crippen molar-refractivity contribution in [1.29, 1.82) is 0 Å². The smallest absolute Gasteiger partial charge is 0.257 e. The molecule has 0 spiro atoms. The molecule has 1 aromatic heterocycles. The van der Waals surface area contributed by atoms with Crippen LogP contribution < -0.4 is 15.4 Å². The lowest BCUT2D eigenvalue weighted by Crippen LogP contribution is -2.24. The molecule has 0 unspecified atom stereocenters. The van der Waals surface area contributed by atoms with Crippen molar-refractivity contribution in [2.45, 2.75) is 25.9 Å². The number of benzene rings is 2. The summed E-state index contributed by atoms with van der Waals surface area (Å²) in [6, 6.07) is 14.0. The van der Waals surface area contributed by atoms with E-state index in [9.17, 15) is 18.4 Å². The molecule has 31 heavy (non-hydrogen) atoms. The fraction of sp³-hybridized carbons (Fsp3) is 0.227. The van der Waals surface area contributed by atoms with E-state index in [-0.39, 0.29) is 18.2 Å². The summed E-state index contributed by atoms with van der Waals surface area (Å²) in [5, 5.41) is 9.22. The van der Waals surface area contributed by atoms with Gasteiger partial charge in [0.25, 0.3) is 12.3 Å². The second-order valence-electron chi connectivity index (χ2n) is 6.79. The number of carbonyl (C=O) groups excluding carboxylic acids is 2. The van der Waals surface area contributed by atoms with Crippen molar-refractivity contribution >= 4 is 17.5 Å². The Morgan fingerprint density at radius 2 is 1.74 bits per heavy atom. The highest BCUT2D eigenvalue weighted by molar-refractivity contribution is 6.04. The number of halogens is 2. The fourth-order valence-corrected chi connectivity index (χ4v) is 2.84. The van der Waals surface area contributed by atoms with Gasteiger partial charge in [-0.2, -0.15) is 5.10 Å². The first-order chi connectivity index (χ1) is 14.9. The van der Waals surface area contributed by atoms with E-state index in [4.69, 9.17) is 4.74 Å².